The van der Waals surface area contributed by atoms with Crippen LogP contribution in [0.15, 0.2) is 24.3 Å². The molecule has 0 bridgehead atoms. The van der Waals surface area contributed by atoms with Crippen molar-refractivity contribution in [3.05, 3.63) is 29.8 Å². The summed E-state index contributed by atoms with van der Waals surface area (Å²) in [6.07, 6.45) is 7.84. The minimum atomic E-state index is 0.306. The quantitative estimate of drug-likeness (QED) is 0.848. The lowest BCUT2D eigenvalue weighted by molar-refractivity contribution is -0.134. The zero-order valence-corrected chi connectivity index (χ0v) is 13.8. The summed E-state index contributed by atoms with van der Waals surface area (Å²) in [6.45, 7) is 5.48. The zero-order chi connectivity index (χ0) is 15.4. The molecule has 0 spiro atoms. The topological polar surface area (TPSA) is 23.6 Å². The molecule has 1 aromatic carbocycles. The molecule has 1 aromatic rings. The standard InChI is InChI=1S/C19H28N2O/c1-2-17-7-3-4-14-21(17)19(22)15-16-8-10-18(11-9-16)20-12-5-6-13-20/h8-11,17H,2-7,12-15H2,1H3. The number of rotatable bonds is 4. The molecule has 0 radical (unpaired) electrons. The van der Waals surface area contributed by atoms with Gasteiger partial charge in [-0.1, -0.05) is 19.1 Å². The number of nitrogens with zero attached hydrogens (tertiary/aromatic N) is 2. The van der Waals surface area contributed by atoms with E-state index in [9.17, 15) is 4.79 Å². The fourth-order valence-corrected chi connectivity index (χ4v) is 3.83. The van der Waals surface area contributed by atoms with Crippen molar-refractivity contribution in [1.29, 1.82) is 0 Å². The number of likely N-dealkylation sites (tertiary alicyclic amines) is 1. The predicted molar refractivity (Wildman–Crippen MR) is 91.2 cm³/mol. The van der Waals surface area contributed by atoms with Crippen molar-refractivity contribution in [2.45, 2.75) is 57.9 Å². The highest BCUT2D eigenvalue weighted by atomic mass is 16.2. The second-order valence-corrected chi connectivity index (χ2v) is 6.68. The summed E-state index contributed by atoms with van der Waals surface area (Å²) >= 11 is 0. The van der Waals surface area contributed by atoms with Gasteiger partial charge in [-0.25, -0.2) is 0 Å². The highest BCUT2D eigenvalue weighted by molar-refractivity contribution is 5.79. The third-order valence-corrected chi connectivity index (χ3v) is 5.18. The van der Waals surface area contributed by atoms with E-state index < -0.39 is 0 Å². The Morgan fingerprint density at radius 3 is 2.41 bits per heavy atom. The number of anilines is 1. The largest absolute Gasteiger partial charge is 0.372 e. The van der Waals surface area contributed by atoms with Crippen LogP contribution in [0.25, 0.3) is 0 Å². The van der Waals surface area contributed by atoms with Crippen molar-refractivity contribution in [1.82, 2.24) is 4.90 Å². The second kappa shape index (κ2) is 7.17. The van der Waals surface area contributed by atoms with E-state index in [2.05, 4.69) is 41.0 Å². The van der Waals surface area contributed by atoms with Crippen LogP contribution in [0.1, 0.15) is 51.0 Å². The lowest BCUT2D eigenvalue weighted by Crippen LogP contribution is -2.44. The molecule has 120 valence electrons. The highest BCUT2D eigenvalue weighted by Gasteiger charge is 2.25. The summed E-state index contributed by atoms with van der Waals surface area (Å²) in [5.41, 5.74) is 2.45. The summed E-state index contributed by atoms with van der Waals surface area (Å²) in [5.74, 6) is 0.306. The molecular formula is C19H28N2O. The van der Waals surface area contributed by atoms with E-state index in [1.165, 1.54) is 44.5 Å². The molecule has 1 amide bonds. The minimum absolute atomic E-state index is 0.306. The fraction of sp³-hybridized carbons (Fsp3) is 0.632. The molecule has 0 aromatic heterocycles. The summed E-state index contributed by atoms with van der Waals surface area (Å²) in [4.78, 5) is 17.2. The number of benzene rings is 1. The van der Waals surface area contributed by atoms with E-state index in [4.69, 9.17) is 0 Å². The van der Waals surface area contributed by atoms with Gasteiger partial charge in [-0.3, -0.25) is 4.79 Å². The van der Waals surface area contributed by atoms with E-state index in [1.807, 2.05) is 0 Å². The Bertz CT molecular complexity index is 491. The van der Waals surface area contributed by atoms with Gasteiger partial charge in [0.15, 0.2) is 0 Å². The molecule has 22 heavy (non-hydrogen) atoms. The zero-order valence-electron chi connectivity index (χ0n) is 13.8. The maximum absolute atomic E-state index is 12.6. The first-order valence-electron chi connectivity index (χ1n) is 8.91. The van der Waals surface area contributed by atoms with Crippen LogP contribution in [0.4, 0.5) is 5.69 Å². The fourth-order valence-electron chi connectivity index (χ4n) is 3.83. The molecule has 1 atom stereocenters. The van der Waals surface area contributed by atoms with Crippen LogP contribution in [-0.2, 0) is 11.2 Å². The number of hydrogen-bond donors (Lipinski definition) is 0. The first kappa shape index (κ1) is 15.4. The van der Waals surface area contributed by atoms with Crippen LogP contribution >= 0.6 is 0 Å². The minimum Gasteiger partial charge on any atom is -0.372 e. The molecule has 2 fully saturated rings. The van der Waals surface area contributed by atoms with Crippen LogP contribution in [0.5, 0.6) is 0 Å². The van der Waals surface area contributed by atoms with Gasteiger partial charge >= 0.3 is 0 Å². The van der Waals surface area contributed by atoms with Crippen LogP contribution in [0.3, 0.4) is 0 Å². The first-order chi connectivity index (χ1) is 10.8. The molecule has 2 aliphatic rings. The van der Waals surface area contributed by atoms with Crippen molar-refractivity contribution in [2.75, 3.05) is 24.5 Å². The maximum atomic E-state index is 12.6. The number of carbonyl (C=O) groups excluding carboxylic acids is 1. The monoisotopic (exact) mass is 300 g/mol. The van der Waals surface area contributed by atoms with Gasteiger partial charge in [0.05, 0.1) is 6.42 Å². The van der Waals surface area contributed by atoms with Gasteiger partial charge in [0.25, 0.3) is 0 Å². The van der Waals surface area contributed by atoms with Gasteiger partial charge in [0.2, 0.25) is 5.91 Å². The number of hydrogen-bond acceptors (Lipinski definition) is 2. The molecular weight excluding hydrogens is 272 g/mol. The first-order valence-corrected chi connectivity index (χ1v) is 8.91. The Morgan fingerprint density at radius 1 is 1.05 bits per heavy atom. The molecule has 3 rings (SSSR count). The summed E-state index contributed by atoms with van der Waals surface area (Å²) < 4.78 is 0. The molecule has 0 saturated carbocycles. The van der Waals surface area contributed by atoms with Crippen LogP contribution in [0.2, 0.25) is 0 Å². The van der Waals surface area contributed by atoms with Crippen molar-refractivity contribution < 1.29 is 4.79 Å². The lowest BCUT2D eigenvalue weighted by atomic mass is 9.99. The third-order valence-electron chi connectivity index (χ3n) is 5.18. The van der Waals surface area contributed by atoms with Crippen molar-refractivity contribution >= 4 is 11.6 Å². The Labute approximate surface area is 134 Å². The van der Waals surface area contributed by atoms with Crippen molar-refractivity contribution in [3.8, 4) is 0 Å². The number of piperidine rings is 1. The molecule has 1 unspecified atom stereocenters. The smallest absolute Gasteiger partial charge is 0.227 e. The summed E-state index contributed by atoms with van der Waals surface area (Å²) in [6, 6.07) is 9.10. The van der Waals surface area contributed by atoms with Gasteiger partial charge < -0.3 is 9.80 Å². The van der Waals surface area contributed by atoms with Crippen molar-refractivity contribution in [3.63, 3.8) is 0 Å². The molecule has 0 aliphatic carbocycles. The van der Waals surface area contributed by atoms with Gasteiger partial charge in [-0.2, -0.15) is 0 Å². The van der Waals surface area contributed by atoms with Crippen molar-refractivity contribution in [2.24, 2.45) is 0 Å². The summed E-state index contributed by atoms with van der Waals surface area (Å²) in [5, 5.41) is 0. The van der Waals surface area contributed by atoms with Gasteiger partial charge in [-0.15, -0.1) is 0 Å². The molecule has 0 N–H and O–H groups in total. The van der Waals surface area contributed by atoms with E-state index in [0.29, 0.717) is 18.4 Å². The lowest BCUT2D eigenvalue weighted by Gasteiger charge is -2.35. The SMILES string of the molecule is CCC1CCCCN1C(=O)Cc1ccc(N2CCCC2)cc1. The van der Waals surface area contributed by atoms with Crippen LogP contribution < -0.4 is 4.90 Å². The number of amides is 1. The van der Waals surface area contributed by atoms with Gasteiger partial charge in [-0.05, 0) is 56.2 Å². The summed E-state index contributed by atoms with van der Waals surface area (Å²) in [7, 11) is 0. The number of carbonyl (C=O) groups is 1. The van der Waals surface area contributed by atoms with E-state index in [-0.39, 0.29) is 0 Å². The average molecular weight is 300 g/mol. The Hall–Kier alpha value is -1.51. The highest BCUT2D eigenvalue weighted by Crippen LogP contribution is 2.23. The average Bonchev–Trinajstić information content (AvgIpc) is 3.10. The Morgan fingerprint density at radius 2 is 1.73 bits per heavy atom. The van der Waals surface area contributed by atoms with Gasteiger partial charge in [0.1, 0.15) is 0 Å². The Balaban J connectivity index is 1.61. The van der Waals surface area contributed by atoms with Crippen LogP contribution in [-0.4, -0.2) is 36.5 Å². The predicted octanol–water partition coefficient (Wildman–Crippen LogP) is 3.62. The molecule has 2 aliphatic heterocycles. The van der Waals surface area contributed by atoms with E-state index in [1.54, 1.807) is 0 Å². The second-order valence-electron chi connectivity index (χ2n) is 6.68. The third kappa shape index (κ3) is 3.45. The Kier molecular flexibility index (Phi) is 5.01. The molecule has 3 heteroatoms. The molecule has 3 nitrogen and oxygen atoms in total. The normalized spacial score (nSPS) is 22.1. The molecule has 2 heterocycles. The van der Waals surface area contributed by atoms with E-state index in [0.717, 1.165) is 24.9 Å². The van der Waals surface area contributed by atoms with Crippen LogP contribution in [0, 0.1) is 0 Å². The maximum Gasteiger partial charge on any atom is 0.227 e. The van der Waals surface area contributed by atoms with Gasteiger partial charge in [0, 0.05) is 31.4 Å². The molecule has 2 saturated heterocycles. The van der Waals surface area contributed by atoms with E-state index >= 15 is 0 Å².